The lowest BCUT2D eigenvalue weighted by molar-refractivity contribution is -0.123. The predicted octanol–water partition coefficient (Wildman–Crippen LogP) is 1.21. The molecule has 122 valence electrons. The van der Waals surface area contributed by atoms with Crippen molar-refractivity contribution in [3.05, 3.63) is 17.7 Å². The van der Waals surface area contributed by atoms with Crippen molar-refractivity contribution in [3.63, 3.8) is 0 Å². The third-order valence-corrected chi connectivity index (χ3v) is 4.28. The van der Waals surface area contributed by atoms with Crippen molar-refractivity contribution in [1.29, 1.82) is 0 Å². The number of fused-ring (bicyclic) bond motifs is 1. The molecular weight excluding hydrogens is 282 g/mol. The molecule has 1 N–H and O–H groups in total. The van der Waals surface area contributed by atoms with Gasteiger partial charge >= 0.3 is 0 Å². The second-order valence-electron chi connectivity index (χ2n) is 6.21. The average molecular weight is 307 g/mol. The monoisotopic (exact) mass is 307 g/mol. The summed E-state index contributed by atoms with van der Waals surface area (Å²) in [6.45, 7) is 4.73. The quantitative estimate of drug-likeness (QED) is 0.802. The van der Waals surface area contributed by atoms with E-state index in [1.165, 1.54) is 0 Å². The summed E-state index contributed by atoms with van der Waals surface area (Å²) in [7, 11) is 0. The van der Waals surface area contributed by atoms with Gasteiger partial charge in [-0.2, -0.15) is 0 Å². The first-order valence-electron chi connectivity index (χ1n) is 8.22. The van der Waals surface area contributed by atoms with Crippen LogP contribution in [0.1, 0.15) is 37.2 Å². The van der Waals surface area contributed by atoms with E-state index in [4.69, 9.17) is 9.47 Å². The molecule has 3 heterocycles. The SMILES string of the molecule is Cc1cn2c(n1)CC[C@@H](NC(=O)CCOC[C@@H]1CCCO1)C2. The van der Waals surface area contributed by atoms with Crippen LogP contribution in [0.3, 0.4) is 0 Å². The van der Waals surface area contributed by atoms with Crippen LogP contribution in [0.15, 0.2) is 6.20 Å². The zero-order chi connectivity index (χ0) is 15.4. The van der Waals surface area contributed by atoms with Crippen LogP contribution >= 0.6 is 0 Å². The van der Waals surface area contributed by atoms with Gasteiger partial charge in [0.15, 0.2) is 0 Å². The Balaban J connectivity index is 1.33. The standard InChI is InChI=1S/C16H25N3O3/c1-12-9-19-10-13(4-5-15(19)17-12)18-16(20)6-8-21-11-14-3-2-7-22-14/h9,13-14H,2-8,10-11H2,1H3,(H,18,20)/t13-,14+/m1/s1. The lowest BCUT2D eigenvalue weighted by Gasteiger charge is -2.24. The minimum absolute atomic E-state index is 0.0672. The van der Waals surface area contributed by atoms with Gasteiger partial charge in [0.2, 0.25) is 5.91 Å². The molecule has 0 spiro atoms. The number of nitrogens with zero attached hydrogens (tertiary/aromatic N) is 2. The van der Waals surface area contributed by atoms with Gasteiger partial charge in [0, 0.05) is 38.2 Å². The van der Waals surface area contributed by atoms with E-state index >= 15 is 0 Å². The fourth-order valence-corrected chi connectivity index (χ4v) is 3.16. The van der Waals surface area contributed by atoms with Gasteiger partial charge < -0.3 is 19.4 Å². The molecule has 1 amide bonds. The van der Waals surface area contributed by atoms with Gasteiger partial charge in [-0.3, -0.25) is 4.79 Å². The largest absolute Gasteiger partial charge is 0.378 e. The molecular formula is C16H25N3O3. The van der Waals surface area contributed by atoms with Crippen LogP contribution < -0.4 is 5.32 Å². The van der Waals surface area contributed by atoms with Gasteiger partial charge in [0.05, 0.1) is 25.0 Å². The molecule has 22 heavy (non-hydrogen) atoms. The summed E-state index contributed by atoms with van der Waals surface area (Å²) in [4.78, 5) is 16.5. The van der Waals surface area contributed by atoms with Crippen LogP contribution in [0.5, 0.6) is 0 Å². The molecule has 6 nitrogen and oxygen atoms in total. The number of amides is 1. The summed E-state index contributed by atoms with van der Waals surface area (Å²) >= 11 is 0. The number of carbonyl (C=O) groups is 1. The van der Waals surface area contributed by atoms with Crippen molar-refractivity contribution in [2.24, 2.45) is 0 Å². The van der Waals surface area contributed by atoms with Crippen LogP contribution in [0.2, 0.25) is 0 Å². The molecule has 2 aliphatic heterocycles. The second kappa shape index (κ2) is 7.24. The van der Waals surface area contributed by atoms with Crippen LogP contribution in [-0.2, 0) is 27.2 Å². The fourth-order valence-electron chi connectivity index (χ4n) is 3.16. The number of aryl methyl sites for hydroxylation is 2. The van der Waals surface area contributed by atoms with E-state index in [1.807, 2.05) is 6.92 Å². The van der Waals surface area contributed by atoms with Gasteiger partial charge in [-0.15, -0.1) is 0 Å². The van der Waals surface area contributed by atoms with E-state index in [0.29, 0.717) is 19.6 Å². The van der Waals surface area contributed by atoms with E-state index in [1.54, 1.807) is 0 Å². The lowest BCUT2D eigenvalue weighted by atomic mass is 10.1. The summed E-state index contributed by atoms with van der Waals surface area (Å²) in [5.74, 6) is 1.19. The van der Waals surface area contributed by atoms with Crippen LogP contribution in [0, 0.1) is 6.92 Å². The number of ether oxygens (including phenoxy) is 2. The molecule has 6 heteroatoms. The summed E-state index contributed by atoms with van der Waals surface area (Å²) in [6, 6.07) is 0.201. The van der Waals surface area contributed by atoms with Crippen molar-refractivity contribution in [3.8, 4) is 0 Å². The Kier molecular flexibility index (Phi) is 5.10. The molecule has 1 fully saturated rings. The number of imidazole rings is 1. The Morgan fingerprint density at radius 1 is 1.55 bits per heavy atom. The molecule has 0 aliphatic carbocycles. The minimum atomic E-state index is 0.0672. The first-order chi connectivity index (χ1) is 10.7. The number of rotatable bonds is 6. The highest BCUT2D eigenvalue weighted by Gasteiger charge is 2.21. The molecule has 0 unspecified atom stereocenters. The summed E-state index contributed by atoms with van der Waals surface area (Å²) in [5.41, 5.74) is 1.05. The maximum absolute atomic E-state index is 12.0. The second-order valence-corrected chi connectivity index (χ2v) is 6.21. The van der Waals surface area contributed by atoms with E-state index in [2.05, 4.69) is 21.1 Å². The third kappa shape index (κ3) is 4.08. The van der Waals surface area contributed by atoms with Gasteiger partial charge in [-0.25, -0.2) is 4.98 Å². The maximum Gasteiger partial charge on any atom is 0.222 e. The first-order valence-corrected chi connectivity index (χ1v) is 8.22. The fraction of sp³-hybridized carbons (Fsp3) is 0.750. The van der Waals surface area contributed by atoms with Crippen LogP contribution in [0.4, 0.5) is 0 Å². The van der Waals surface area contributed by atoms with Gasteiger partial charge in [0.1, 0.15) is 5.82 Å². The molecule has 1 aromatic heterocycles. The lowest BCUT2D eigenvalue weighted by Crippen LogP contribution is -2.41. The molecule has 2 aliphatic rings. The van der Waals surface area contributed by atoms with E-state index < -0.39 is 0 Å². The third-order valence-electron chi connectivity index (χ3n) is 4.28. The number of nitrogens with one attached hydrogen (secondary N) is 1. The highest BCUT2D eigenvalue weighted by Crippen LogP contribution is 2.15. The molecule has 3 rings (SSSR count). The number of hydrogen-bond donors (Lipinski definition) is 1. The zero-order valence-corrected chi connectivity index (χ0v) is 13.2. The van der Waals surface area contributed by atoms with Gasteiger partial charge in [0.25, 0.3) is 0 Å². The van der Waals surface area contributed by atoms with Crippen molar-refractivity contribution >= 4 is 5.91 Å². The van der Waals surface area contributed by atoms with Gasteiger partial charge in [-0.1, -0.05) is 0 Å². The Morgan fingerprint density at radius 3 is 3.27 bits per heavy atom. The molecule has 0 aromatic carbocycles. The molecule has 2 atom stereocenters. The minimum Gasteiger partial charge on any atom is -0.378 e. The number of hydrogen-bond acceptors (Lipinski definition) is 4. The van der Waals surface area contributed by atoms with Gasteiger partial charge in [-0.05, 0) is 26.2 Å². The van der Waals surface area contributed by atoms with E-state index in [9.17, 15) is 4.79 Å². The highest BCUT2D eigenvalue weighted by atomic mass is 16.5. The normalized spacial score (nSPS) is 24.2. The Bertz CT molecular complexity index is 509. The van der Waals surface area contributed by atoms with Crippen molar-refractivity contribution < 1.29 is 14.3 Å². The maximum atomic E-state index is 12.0. The van der Waals surface area contributed by atoms with Crippen molar-refractivity contribution in [2.45, 2.75) is 57.7 Å². The summed E-state index contributed by atoms with van der Waals surface area (Å²) in [6.07, 6.45) is 6.77. The topological polar surface area (TPSA) is 65.4 Å². The van der Waals surface area contributed by atoms with E-state index in [0.717, 1.165) is 50.4 Å². The molecule has 0 radical (unpaired) electrons. The Labute approximate surface area is 131 Å². The number of aromatic nitrogens is 2. The van der Waals surface area contributed by atoms with E-state index in [-0.39, 0.29) is 18.1 Å². The van der Waals surface area contributed by atoms with Crippen LogP contribution in [0.25, 0.3) is 0 Å². The first kappa shape index (κ1) is 15.5. The summed E-state index contributed by atoms with van der Waals surface area (Å²) in [5, 5.41) is 3.10. The zero-order valence-electron chi connectivity index (χ0n) is 13.2. The molecule has 0 saturated carbocycles. The Hall–Kier alpha value is -1.40. The highest BCUT2D eigenvalue weighted by molar-refractivity contribution is 5.76. The molecule has 0 bridgehead atoms. The van der Waals surface area contributed by atoms with Crippen molar-refractivity contribution in [1.82, 2.24) is 14.9 Å². The average Bonchev–Trinajstić information content (AvgIpc) is 3.11. The smallest absolute Gasteiger partial charge is 0.222 e. The number of carbonyl (C=O) groups excluding carboxylic acids is 1. The van der Waals surface area contributed by atoms with Crippen LogP contribution in [-0.4, -0.2) is 47.4 Å². The predicted molar refractivity (Wildman–Crippen MR) is 81.6 cm³/mol. The Morgan fingerprint density at radius 2 is 2.45 bits per heavy atom. The van der Waals surface area contributed by atoms with Crippen molar-refractivity contribution in [2.75, 3.05) is 19.8 Å². The summed E-state index contributed by atoms with van der Waals surface area (Å²) < 4.78 is 13.2. The molecule has 1 aromatic rings. The molecule has 1 saturated heterocycles.